The van der Waals surface area contributed by atoms with Crippen molar-refractivity contribution in [1.82, 2.24) is 10.3 Å². The number of benzene rings is 1. The van der Waals surface area contributed by atoms with E-state index >= 15 is 0 Å². The van der Waals surface area contributed by atoms with Crippen molar-refractivity contribution in [2.75, 3.05) is 6.61 Å². The normalized spacial score (nSPS) is 12.0. The smallest absolute Gasteiger partial charge is 0.407 e. The molecule has 0 saturated carbocycles. The first-order valence-corrected chi connectivity index (χ1v) is 8.53. The first kappa shape index (κ1) is 20.2. The van der Waals surface area contributed by atoms with Crippen LogP contribution in [0, 0.1) is 11.3 Å². The van der Waals surface area contributed by atoms with Gasteiger partial charge in [-0.25, -0.2) is 9.78 Å². The average molecular weight is 369 g/mol. The lowest BCUT2D eigenvalue weighted by atomic mass is 10.1. The molecule has 7 heteroatoms. The number of aliphatic hydroxyl groups is 1. The van der Waals surface area contributed by atoms with Crippen molar-refractivity contribution >= 4 is 6.09 Å². The molecule has 1 heterocycles. The fraction of sp³-hybridized carbons (Fsp3) is 0.350. The van der Waals surface area contributed by atoms with Gasteiger partial charge in [0.15, 0.2) is 0 Å². The van der Waals surface area contributed by atoms with Crippen molar-refractivity contribution in [1.29, 1.82) is 5.26 Å². The minimum absolute atomic E-state index is 0.211. The van der Waals surface area contributed by atoms with Gasteiger partial charge >= 0.3 is 6.09 Å². The molecule has 7 nitrogen and oxygen atoms in total. The Balaban J connectivity index is 1.98. The zero-order valence-corrected chi connectivity index (χ0v) is 15.6. The molecule has 0 aliphatic heterocycles. The summed E-state index contributed by atoms with van der Waals surface area (Å²) in [5.74, 6) is 0.780. The van der Waals surface area contributed by atoms with E-state index in [1.807, 2.05) is 18.2 Å². The van der Waals surface area contributed by atoms with Crippen LogP contribution in [0.5, 0.6) is 11.6 Å². The summed E-state index contributed by atoms with van der Waals surface area (Å²) in [6, 6.07) is 12.0. The number of alkyl carbamates (subject to hydrolysis) is 1. The number of pyridine rings is 1. The summed E-state index contributed by atoms with van der Waals surface area (Å²) in [4.78, 5) is 15.9. The zero-order valence-electron chi connectivity index (χ0n) is 15.6. The molecule has 0 radical (unpaired) electrons. The SMILES string of the molecule is CC(C)(C)OC(=O)NC(CO)Cc1ccc(Oc2ncccc2C#N)cc1. The van der Waals surface area contributed by atoms with Crippen LogP contribution in [0.15, 0.2) is 42.6 Å². The van der Waals surface area contributed by atoms with Crippen molar-refractivity contribution in [3.05, 3.63) is 53.7 Å². The molecule has 27 heavy (non-hydrogen) atoms. The third kappa shape index (κ3) is 6.60. The van der Waals surface area contributed by atoms with Crippen LogP contribution in [-0.2, 0) is 11.2 Å². The van der Waals surface area contributed by atoms with E-state index in [2.05, 4.69) is 10.3 Å². The predicted octanol–water partition coefficient (Wildman–Crippen LogP) is 3.17. The van der Waals surface area contributed by atoms with Crippen LogP contribution in [0.3, 0.4) is 0 Å². The standard InChI is InChI=1S/C20H23N3O4/c1-20(2,3)27-19(25)23-16(13-24)11-14-6-8-17(9-7-14)26-18-15(12-21)5-4-10-22-18/h4-10,16,24H,11,13H2,1-3H3,(H,23,25). The molecule has 2 aromatic rings. The third-order valence-corrected chi connectivity index (χ3v) is 3.45. The number of nitrogens with zero attached hydrogens (tertiary/aromatic N) is 2. The van der Waals surface area contributed by atoms with E-state index in [1.54, 1.807) is 51.2 Å². The van der Waals surface area contributed by atoms with Crippen molar-refractivity contribution in [2.24, 2.45) is 0 Å². The van der Waals surface area contributed by atoms with Crippen LogP contribution in [0.25, 0.3) is 0 Å². The van der Waals surface area contributed by atoms with E-state index in [4.69, 9.17) is 14.7 Å². The van der Waals surface area contributed by atoms with Gasteiger partial charge in [-0.15, -0.1) is 0 Å². The maximum absolute atomic E-state index is 11.8. The monoisotopic (exact) mass is 369 g/mol. The molecule has 2 rings (SSSR count). The molecule has 0 bridgehead atoms. The number of amides is 1. The molecule has 0 spiro atoms. The Hall–Kier alpha value is -3.11. The van der Waals surface area contributed by atoms with E-state index in [0.717, 1.165) is 5.56 Å². The summed E-state index contributed by atoms with van der Waals surface area (Å²) < 4.78 is 10.8. The zero-order chi connectivity index (χ0) is 19.9. The number of carbonyl (C=O) groups is 1. The minimum atomic E-state index is -0.600. The van der Waals surface area contributed by atoms with Gasteiger partial charge in [-0.2, -0.15) is 5.26 Å². The molecule has 1 unspecified atom stereocenters. The van der Waals surface area contributed by atoms with Gasteiger partial charge in [-0.05, 0) is 57.0 Å². The number of ether oxygens (including phenoxy) is 2. The second-order valence-electron chi connectivity index (χ2n) is 6.94. The highest BCUT2D eigenvalue weighted by atomic mass is 16.6. The first-order chi connectivity index (χ1) is 12.8. The second kappa shape index (κ2) is 9.01. The maximum atomic E-state index is 11.8. The van der Waals surface area contributed by atoms with Crippen LogP contribution in [0.1, 0.15) is 31.9 Å². The molecule has 142 valence electrons. The van der Waals surface area contributed by atoms with Gasteiger partial charge in [-0.1, -0.05) is 12.1 Å². The Morgan fingerprint density at radius 1 is 1.30 bits per heavy atom. The largest absolute Gasteiger partial charge is 0.444 e. The number of aromatic nitrogens is 1. The minimum Gasteiger partial charge on any atom is -0.444 e. The fourth-order valence-corrected chi connectivity index (χ4v) is 2.28. The van der Waals surface area contributed by atoms with Crippen molar-refractivity contribution in [2.45, 2.75) is 38.8 Å². The Bertz CT molecular complexity index is 807. The van der Waals surface area contributed by atoms with Gasteiger partial charge in [0.1, 0.15) is 23.0 Å². The molecule has 1 atom stereocenters. The summed E-state index contributed by atoms with van der Waals surface area (Å²) in [6.07, 6.45) is 1.42. The van der Waals surface area contributed by atoms with Crippen LogP contribution >= 0.6 is 0 Å². The molecule has 2 N–H and O–H groups in total. The van der Waals surface area contributed by atoms with Crippen LogP contribution in [0.4, 0.5) is 4.79 Å². The Morgan fingerprint density at radius 3 is 2.59 bits per heavy atom. The van der Waals surface area contributed by atoms with E-state index < -0.39 is 17.7 Å². The first-order valence-electron chi connectivity index (χ1n) is 8.53. The molecular formula is C20H23N3O4. The highest BCUT2D eigenvalue weighted by Crippen LogP contribution is 2.23. The summed E-state index contributed by atoms with van der Waals surface area (Å²) in [7, 11) is 0. The Kier molecular flexibility index (Phi) is 6.74. The fourth-order valence-electron chi connectivity index (χ4n) is 2.28. The quantitative estimate of drug-likeness (QED) is 0.810. The lowest BCUT2D eigenvalue weighted by molar-refractivity contribution is 0.0483. The van der Waals surface area contributed by atoms with E-state index in [1.165, 1.54) is 0 Å². The highest BCUT2D eigenvalue weighted by molar-refractivity contribution is 5.68. The van der Waals surface area contributed by atoms with Gasteiger partial charge in [0, 0.05) is 6.20 Å². The lowest BCUT2D eigenvalue weighted by Crippen LogP contribution is -2.42. The summed E-state index contributed by atoms with van der Waals surface area (Å²) in [5.41, 5.74) is 0.652. The van der Waals surface area contributed by atoms with Crippen molar-refractivity contribution < 1.29 is 19.4 Å². The molecule has 0 aliphatic rings. The number of nitriles is 1. The maximum Gasteiger partial charge on any atom is 0.407 e. The Morgan fingerprint density at radius 2 is 2.00 bits per heavy atom. The number of hydrogen-bond donors (Lipinski definition) is 2. The van der Waals surface area contributed by atoms with Crippen molar-refractivity contribution in [3.8, 4) is 17.7 Å². The molecule has 1 aromatic carbocycles. The van der Waals surface area contributed by atoms with Crippen LogP contribution < -0.4 is 10.1 Å². The van der Waals surface area contributed by atoms with Gasteiger partial charge in [0.25, 0.3) is 0 Å². The number of rotatable bonds is 6. The van der Waals surface area contributed by atoms with Crippen LogP contribution in [-0.4, -0.2) is 34.4 Å². The molecule has 0 saturated heterocycles. The second-order valence-corrected chi connectivity index (χ2v) is 6.94. The summed E-state index contributed by atoms with van der Waals surface area (Å²) in [6.45, 7) is 5.12. The van der Waals surface area contributed by atoms with Crippen LogP contribution in [0.2, 0.25) is 0 Å². The molecular weight excluding hydrogens is 346 g/mol. The number of aliphatic hydroxyl groups excluding tert-OH is 1. The topological polar surface area (TPSA) is 104 Å². The molecule has 0 fully saturated rings. The number of hydrogen-bond acceptors (Lipinski definition) is 6. The van der Waals surface area contributed by atoms with E-state index in [0.29, 0.717) is 17.7 Å². The van der Waals surface area contributed by atoms with E-state index in [9.17, 15) is 9.90 Å². The summed E-state index contributed by atoms with van der Waals surface area (Å²) in [5, 5.41) is 21.2. The molecule has 1 aromatic heterocycles. The predicted molar refractivity (Wildman–Crippen MR) is 99.4 cm³/mol. The third-order valence-electron chi connectivity index (χ3n) is 3.45. The van der Waals surface area contributed by atoms with Gasteiger partial charge in [0.05, 0.1) is 12.6 Å². The average Bonchev–Trinajstić information content (AvgIpc) is 2.61. The van der Waals surface area contributed by atoms with Gasteiger partial charge in [-0.3, -0.25) is 0 Å². The van der Waals surface area contributed by atoms with Crippen molar-refractivity contribution in [3.63, 3.8) is 0 Å². The number of nitrogens with one attached hydrogen (secondary N) is 1. The number of carbonyl (C=O) groups excluding carboxylic acids is 1. The lowest BCUT2D eigenvalue weighted by Gasteiger charge is -2.22. The molecule has 1 amide bonds. The molecule has 0 aliphatic carbocycles. The highest BCUT2D eigenvalue weighted by Gasteiger charge is 2.19. The van der Waals surface area contributed by atoms with E-state index in [-0.39, 0.29) is 12.5 Å². The van der Waals surface area contributed by atoms with Gasteiger partial charge in [0.2, 0.25) is 5.88 Å². The van der Waals surface area contributed by atoms with Gasteiger partial charge < -0.3 is 19.9 Å². The Labute approximate surface area is 158 Å². The summed E-state index contributed by atoms with van der Waals surface area (Å²) >= 11 is 0.